The minimum Gasteiger partial charge on any atom is -0.369 e. The molecule has 0 saturated heterocycles. The van der Waals surface area contributed by atoms with Crippen molar-refractivity contribution in [2.24, 2.45) is 0 Å². The van der Waals surface area contributed by atoms with E-state index in [0.29, 0.717) is 15.6 Å². The summed E-state index contributed by atoms with van der Waals surface area (Å²) < 4.78 is 29.5. The molecule has 0 spiro atoms. The van der Waals surface area contributed by atoms with Gasteiger partial charge in [0.05, 0.1) is 0 Å². The van der Waals surface area contributed by atoms with E-state index in [1.807, 2.05) is 0 Å². The molecule has 0 aliphatic rings. The van der Waals surface area contributed by atoms with Crippen LogP contribution in [0.25, 0.3) is 16.9 Å². The van der Waals surface area contributed by atoms with E-state index >= 15 is 0 Å². The van der Waals surface area contributed by atoms with Crippen molar-refractivity contribution in [2.75, 3.05) is 5.73 Å². The van der Waals surface area contributed by atoms with Crippen LogP contribution in [-0.2, 0) is 0 Å². The summed E-state index contributed by atoms with van der Waals surface area (Å²) in [5.74, 6) is -1.48. The van der Waals surface area contributed by atoms with Gasteiger partial charge < -0.3 is 5.73 Å². The standard InChI is InChI=1S/C12H7BrF2N4/c13-6-4-9-11(17-5-6)19(12(16)18-9)10-7(14)2-1-3-8(10)15/h1-5H,(H2,16,18). The first-order chi connectivity index (χ1) is 9.08. The monoisotopic (exact) mass is 324 g/mol. The third-order valence-electron chi connectivity index (χ3n) is 2.65. The van der Waals surface area contributed by atoms with Crippen LogP contribution in [0.2, 0.25) is 0 Å². The third-order valence-corrected chi connectivity index (χ3v) is 3.08. The van der Waals surface area contributed by atoms with Crippen LogP contribution in [0.1, 0.15) is 0 Å². The Kier molecular flexibility index (Phi) is 2.70. The van der Waals surface area contributed by atoms with Gasteiger partial charge >= 0.3 is 0 Å². The zero-order chi connectivity index (χ0) is 13.6. The van der Waals surface area contributed by atoms with Crippen molar-refractivity contribution >= 4 is 33.0 Å². The topological polar surface area (TPSA) is 56.7 Å². The third kappa shape index (κ3) is 1.86. The molecule has 1 aromatic carbocycles. The fourth-order valence-electron chi connectivity index (χ4n) is 1.88. The van der Waals surface area contributed by atoms with E-state index in [1.54, 1.807) is 6.07 Å². The molecular weight excluding hydrogens is 318 g/mol. The number of para-hydroxylation sites is 1. The molecule has 0 radical (unpaired) electrons. The summed E-state index contributed by atoms with van der Waals surface area (Å²) in [6, 6.07) is 5.27. The number of anilines is 1. The van der Waals surface area contributed by atoms with Gasteiger partial charge in [0.2, 0.25) is 5.95 Å². The molecule has 0 fully saturated rings. The second-order valence-corrected chi connectivity index (χ2v) is 4.79. The maximum absolute atomic E-state index is 13.8. The highest BCUT2D eigenvalue weighted by Gasteiger charge is 2.18. The SMILES string of the molecule is Nc1nc2cc(Br)cnc2n1-c1c(F)cccc1F. The predicted octanol–water partition coefficient (Wildman–Crippen LogP) is 3.04. The lowest BCUT2D eigenvalue weighted by atomic mass is 10.3. The number of rotatable bonds is 1. The van der Waals surface area contributed by atoms with E-state index in [0.717, 1.165) is 16.7 Å². The van der Waals surface area contributed by atoms with Gasteiger partial charge in [-0.25, -0.2) is 18.7 Å². The van der Waals surface area contributed by atoms with Crippen LogP contribution in [0.15, 0.2) is 34.9 Å². The molecule has 2 aromatic heterocycles. The molecule has 0 atom stereocenters. The molecule has 96 valence electrons. The quantitative estimate of drug-likeness (QED) is 0.748. The molecule has 0 bridgehead atoms. The summed E-state index contributed by atoms with van der Waals surface area (Å²) in [5.41, 5.74) is 6.21. The van der Waals surface area contributed by atoms with Gasteiger partial charge in [0, 0.05) is 10.7 Å². The maximum atomic E-state index is 13.8. The van der Waals surface area contributed by atoms with Gasteiger partial charge in [0.15, 0.2) is 5.65 Å². The molecular formula is C12H7BrF2N4. The second kappa shape index (κ2) is 4.27. The summed E-state index contributed by atoms with van der Waals surface area (Å²) in [6.45, 7) is 0. The lowest BCUT2D eigenvalue weighted by molar-refractivity contribution is 0.571. The summed E-state index contributed by atoms with van der Waals surface area (Å²) in [6.07, 6.45) is 1.51. The van der Waals surface area contributed by atoms with Crippen LogP contribution in [-0.4, -0.2) is 14.5 Å². The Labute approximate surface area is 115 Å². The highest BCUT2D eigenvalue weighted by molar-refractivity contribution is 9.10. The Morgan fingerprint density at radius 2 is 1.89 bits per heavy atom. The summed E-state index contributed by atoms with van der Waals surface area (Å²) in [7, 11) is 0. The minimum absolute atomic E-state index is 0.0235. The van der Waals surface area contributed by atoms with Crippen molar-refractivity contribution in [1.82, 2.24) is 14.5 Å². The van der Waals surface area contributed by atoms with Gasteiger partial charge in [-0.2, -0.15) is 0 Å². The molecule has 0 aliphatic carbocycles. The number of halogens is 3. The van der Waals surface area contributed by atoms with Crippen LogP contribution in [0, 0.1) is 11.6 Å². The number of aromatic nitrogens is 3. The number of fused-ring (bicyclic) bond motifs is 1. The molecule has 7 heteroatoms. The lowest BCUT2D eigenvalue weighted by Crippen LogP contribution is -2.06. The normalized spacial score (nSPS) is 11.1. The number of benzene rings is 1. The summed E-state index contributed by atoms with van der Waals surface area (Å²) >= 11 is 3.25. The van der Waals surface area contributed by atoms with Crippen molar-refractivity contribution in [2.45, 2.75) is 0 Å². The van der Waals surface area contributed by atoms with E-state index in [2.05, 4.69) is 25.9 Å². The van der Waals surface area contributed by atoms with Crippen molar-refractivity contribution in [3.63, 3.8) is 0 Å². The van der Waals surface area contributed by atoms with Crippen molar-refractivity contribution in [1.29, 1.82) is 0 Å². The maximum Gasteiger partial charge on any atom is 0.207 e. The molecule has 0 saturated carbocycles. The molecule has 2 N–H and O–H groups in total. The summed E-state index contributed by atoms with van der Waals surface area (Å²) in [4.78, 5) is 8.15. The predicted molar refractivity (Wildman–Crippen MR) is 70.9 cm³/mol. The van der Waals surface area contributed by atoms with Gasteiger partial charge in [-0.15, -0.1) is 0 Å². The Hall–Kier alpha value is -2.02. The van der Waals surface area contributed by atoms with Crippen LogP contribution in [0.5, 0.6) is 0 Å². The Bertz CT molecular complexity index is 764. The van der Waals surface area contributed by atoms with Gasteiger partial charge in [0.1, 0.15) is 22.8 Å². The van der Waals surface area contributed by atoms with E-state index in [-0.39, 0.29) is 11.6 Å². The molecule has 0 aliphatic heterocycles. The number of imidazole rings is 1. The van der Waals surface area contributed by atoms with Crippen molar-refractivity contribution in [3.05, 3.63) is 46.6 Å². The molecule has 0 amide bonds. The first-order valence-electron chi connectivity index (χ1n) is 5.32. The number of hydrogen-bond acceptors (Lipinski definition) is 3. The highest BCUT2D eigenvalue weighted by Crippen LogP contribution is 2.26. The lowest BCUT2D eigenvalue weighted by Gasteiger charge is -2.08. The zero-order valence-corrected chi connectivity index (χ0v) is 11.0. The van der Waals surface area contributed by atoms with Gasteiger partial charge in [-0.3, -0.25) is 4.57 Å². The number of nitrogens with two attached hydrogens (primary N) is 1. The van der Waals surface area contributed by atoms with E-state index in [4.69, 9.17) is 5.73 Å². The highest BCUT2D eigenvalue weighted by atomic mass is 79.9. The largest absolute Gasteiger partial charge is 0.369 e. The van der Waals surface area contributed by atoms with E-state index in [9.17, 15) is 8.78 Å². The molecule has 3 aromatic rings. The minimum atomic E-state index is -0.726. The smallest absolute Gasteiger partial charge is 0.207 e. The number of pyridine rings is 1. The molecule has 2 heterocycles. The fourth-order valence-corrected chi connectivity index (χ4v) is 2.20. The van der Waals surface area contributed by atoms with Gasteiger partial charge in [-0.1, -0.05) is 6.07 Å². The molecule has 19 heavy (non-hydrogen) atoms. The van der Waals surface area contributed by atoms with E-state index < -0.39 is 11.6 Å². The van der Waals surface area contributed by atoms with Gasteiger partial charge in [-0.05, 0) is 34.1 Å². The van der Waals surface area contributed by atoms with Crippen molar-refractivity contribution in [3.8, 4) is 5.69 Å². The van der Waals surface area contributed by atoms with Crippen molar-refractivity contribution < 1.29 is 8.78 Å². The zero-order valence-electron chi connectivity index (χ0n) is 9.44. The van der Waals surface area contributed by atoms with Crippen LogP contribution < -0.4 is 5.73 Å². The Balaban J connectivity index is 2.40. The number of nitrogens with zero attached hydrogens (tertiary/aromatic N) is 3. The average molecular weight is 325 g/mol. The second-order valence-electron chi connectivity index (χ2n) is 3.87. The number of hydrogen-bond donors (Lipinski definition) is 1. The average Bonchev–Trinajstić information content (AvgIpc) is 2.65. The molecule has 4 nitrogen and oxygen atoms in total. The Morgan fingerprint density at radius 3 is 2.58 bits per heavy atom. The first kappa shape index (κ1) is 12.0. The number of nitrogen functional groups attached to an aromatic ring is 1. The van der Waals surface area contributed by atoms with Gasteiger partial charge in [0.25, 0.3) is 0 Å². The van der Waals surface area contributed by atoms with E-state index in [1.165, 1.54) is 12.3 Å². The van der Waals surface area contributed by atoms with Crippen LogP contribution in [0.3, 0.4) is 0 Å². The fraction of sp³-hybridized carbons (Fsp3) is 0. The Morgan fingerprint density at radius 1 is 1.21 bits per heavy atom. The molecule has 3 rings (SSSR count). The van der Waals surface area contributed by atoms with Crippen LogP contribution in [0.4, 0.5) is 14.7 Å². The summed E-state index contributed by atoms with van der Waals surface area (Å²) in [5, 5.41) is 0. The van der Waals surface area contributed by atoms with Crippen LogP contribution >= 0.6 is 15.9 Å². The molecule has 0 unspecified atom stereocenters. The first-order valence-corrected chi connectivity index (χ1v) is 6.11.